The van der Waals surface area contributed by atoms with Crippen molar-refractivity contribution in [2.45, 2.75) is 5.92 Å². The van der Waals surface area contributed by atoms with Crippen LogP contribution in [0, 0.1) is 0 Å². The molecule has 4 aromatic carbocycles. The lowest BCUT2D eigenvalue weighted by Crippen LogP contribution is -2.05. The average molecular weight is 478 g/mol. The number of hydrogen-bond acceptors (Lipinski definition) is 3. The van der Waals surface area contributed by atoms with Gasteiger partial charge in [-0.05, 0) is 53.6 Å². The lowest BCUT2D eigenvalue weighted by Gasteiger charge is -2.18. The number of nitrogens with zero attached hydrogens (tertiary/aromatic N) is 3. The third kappa shape index (κ3) is 3.71. The standard InChI is InChI=1S/C33H23N3O/c1-2-9-23(10-3-1)32(29-14-6-7-18-34-29)24-16-17-28-27-13-4-5-15-30(27)36(31(28)22-24)26-12-8-11-25(21-26)33-35-19-20-37-33/h1-22,32H. The summed E-state index contributed by atoms with van der Waals surface area (Å²) >= 11 is 0. The van der Waals surface area contributed by atoms with Crippen molar-refractivity contribution in [3.63, 3.8) is 0 Å². The van der Waals surface area contributed by atoms with E-state index in [1.165, 1.54) is 21.9 Å². The van der Waals surface area contributed by atoms with Gasteiger partial charge in [-0.3, -0.25) is 4.98 Å². The third-order valence-electron chi connectivity index (χ3n) is 6.93. The predicted molar refractivity (Wildman–Crippen MR) is 148 cm³/mol. The normalized spacial score (nSPS) is 12.2. The topological polar surface area (TPSA) is 43.9 Å². The van der Waals surface area contributed by atoms with Crippen LogP contribution in [0.2, 0.25) is 0 Å². The second-order valence-electron chi connectivity index (χ2n) is 9.12. The van der Waals surface area contributed by atoms with Gasteiger partial charge < -0.3 is 8.98 Å². The minimum Gasteiger partial charge on any atom is -0.445 e. The van der Waals surface area contributed by atoms with Gasteiger partial charge in [0, 0.05) is 28.2 Å². The van der Waals surface area contributed by atoms with Crippen LogP contribution in [-0.4, -0.2) is 14.5 Å². The molecule has 0 aliphatic carbocycles. The predicted octanol–water partition coefficient (Wildman–Crippen LogP) is 8.01. The molecule has 0 aliphatic rings. The van der Waals surface area contributed by atoms with Gasteiger partial charge in [0.25, 0.3) is 0 Å². The van der Waals surface area contributed by atoms with Crippen LogP contribution in [0.3, 0.4) is 0 Å². The van der Waals surface area contributed by atoms with Gasteiger partial charge in [-0.2, -0.15) is 0 Å². The molecule has 4 nitrogen and oxygen atoms in total. The van der Waals surface area contributed by atoms with Crippen LogP contribution in [0.5, 0.6) is 0 Å². The number of oxazole rings is 1. The van der Waals surface area contributed by atoms with Gasteiger partial charge >= 0.3 is 0 Å². The van der Waals surface area contributed by atoms with E-state index in [1.54, 1.807) is 12.5 Å². The van der Waals surface area contributed by atoms with Crippen LogP contribution in [0.25, 0.3) is 38.9 Å². The Labute approximate surface area is 214 Å². The Kier molecular flexibility index (Phi) is 5.14. The molecule has 1 unspecified atom stereocenters. The second kappa shape index (κ2) is 8.92. The zero-order valence-corrected chi connectivity index (χ0v) is 20.0. The molecule has 0 bridgehead atoms. The molecule has 0 saturated heterocycles. The van der Waals surface area contributed by atoms with E-state index in [2.05, 4.69) is 113 Å². The number of aromatic nitrogens is 3. The Morgan fingerprint density at radius 1 is 0.595 bits per heavy atom. The molecule has 0 N–H and O–H groups in total. The Balaban J connectivity index is 1.48. The second-order valence-corrected chi connectivity index (χ2v) is 9.12. The first-order valence-corrected chi connectivity index (χ1v) is 12.4. The van der Waals surface area contributed by atoms with Crippen LogP contribution in [0.1, 0.15) is 22.7 Å². The van der Waals surface area contributed by atoms with Crippen molar-refractivity contribution >= 4 is 21.8 Å². The highest BCUT2D eigenvalue weighted by Crippen LogP contribution is 2.37. The molecular weight excluding hydrogens is 454 g/mol. The Bertz CT molecular complexity index is 1780. The van der Waals surface area contributed by atoms with Crippen LogP contribution in [0.4, 0.5) is 0 Å². The summed E-state index contributed by atoms with van der Waals surface area (Å²) in [5.41, 5.74) is 7.77. The van der Waals surface area contributed by atoms with E-state index in [-0.39, 0.29) is 5.92 Å². The lowest BCUT2D eigenvalue weighted by molar-refractivity contribution is 0.574. The van der Waals surface area contributed by atoms with Crippen molar-refractivity contribution in [1.29, 1.82) is 0 Å². The molecule has 3 heterocycles. The monoisotopic (exact) mass is 477 g/mol. The van der Waals surface area contributed by atoms with Gasteiger partial charge in [0.05, 0.1) is 28.8 Å². The van der Waals surface area contributed by atoms with E-state index in [0.717, 1.165) is 28.0 Å². The minimum absolute atomic E-state index is 0.0249. The summed E-state index contributed by atoms with van der Waals surface area (Å²) in [6.07, 6.45) is 5.15. The highest BCUT2D eigenvalue weighted by atomic mass is 16.3. The van der Waals surface area contributed by atoms with Gasteiger partial charge in [-0.25, -0.2) is 4.98 Å². The average Bonchev–Trinajstić information content (AvgIpc) is 3.61. The molecule has 176 valence electrons. The number of fused-ring (bicyclic) bond motifs is 3. The first kappa shape index (κ1) is 21.3. The lowest BCUT2D eigenvalue weighted by atomic mass is 9.87. The summed E-state index contributed by atoms with van der Waals surface area (Å²) in [5.74, 6) is 0.638. The molecule has 7 rings (SSSR count). The maximum atomic E-state index is 5.59. The molecule has 0 amide bonds. The molecule has 4 heteroatoms. The Morgan fingerprint density at radius 2 is 1.43 bits per heavy atom. The van der Waals surface area contributed by atoms with E-state index in [4.69, 9.17) is 9.40 Å². The number of para-hydroxylation sites is 1. The van der Waals surface area contributed by atoms with Crippen molar-refractivity contribution in [2.75, 3.05) is 0 Å². The smallest absolute Gasteiger partial charge is 0.225 e. The summed E-state index contributed by atoms with van der Waals surface area (Å²) in [6, 6.07) is 40.5. The summed E-state index contributed by atoms with van der Waals surface area (Å²) in [4.78, 5) is 9.11. The van der Waals surface area contributed by atoms with E-state index >= 15 is 0 Å². The summed E-state index contributed by atoms with van der Waals surface area (Å²) in [5, 5.41) is 2.44. The van der Waals surface area contributed by atoms with Gasteiger partial charge in [-0.15, -0.1) is 0 Å². The zero-order valence-electron chi connectivity index (χ0n) is 20.0. The van der Waals surface area contributed by atoms with E-state index in [9.17, 15) is 0 Å². The van der Waals surface area contributed by atoms with Gasteiger partial charge in [0.2, 0.25) is 5.89 Å². The fourth-order valence-corrected chi connectivity index (χ4v) is 5.32. The maximum Gasteiger partial charge on any atom is 0.225 e. The third-order valence-corrected chi connectivity index (χ3v) is 6.93. The highest BCUT2D eigenvalue weighted by molar-refractivity contribution is 6.09. The number of benzene rings is 4. The van der Waals surface area contributed by atoms with Crippen molar-refractivity contribution in [3.05, 3.63) is 151 Å². The van der Waals surface area contributed by atoms with E-state index < -0.39 is 0 Å². The minimum atomic E-state index is 0.0249. The molecule has 7 aromatic rings. The van der Waals surface area contributed by atoms with Crippen LogP contribution < -0.4 is 0 Å². The highest BCUT2D eigenvalue weighted by Gasteiger charge is 2.20. The van der Waals surface area contributed by atoms with Crippen molar-refractivity contribution in [2.24, 2.45) is 0 Å². The fraction of sp³-hybridized carbons (Fsp3) is 0.0303. The zero-order chi connectivity index (χ0) is 24.6. The van der Waals surface area contributed by atoms with Gasteiger partial charge in [0.1, 0.15) is 6.26 Å². The van der Waals surface area contributed by atoms with Crippen LogP contribution in [0.15, 0.2) is 138 Å². The molecule has 0 saturated carbocycles. The first-order valence-electron chi connectivity index (χ1n) is 12.4. The SMILES string of the molecule is c1ccc(C(c2ccc3c4ccccc4n(-c4cccc(-c5ncco5)c4)c3c2)c2ccccn2)cc1. The summed E-state index contributed by atoms with van der Waals surface area (Å²) in [7, 11) is 0. The molecule has 37 heavy (non-hydrogen) atoms. The largest absolute Gasteiger partial charge is 0.445 e. The van der Waals surface area contributed by atoms with E-state index in [0.29, 0.717) is 5.89 Å². The maximum absolute atomic E-state index is 5.59. The molecule has 0 aliphatic heterocycles. The molecular formula is C33H23N3O. The quantitative estimate of drug-likeness (QED) is 0.252. The Hall–Kier alpha value is -4.96. The van der Waals surface area contributed by atoms with Gasteiger partial charge in [0.15, 0.2) is 0 Å². The van der Waals surface area contributed by atoms with Crippen LogP contribution in [-0.2, 0) is 0 Å². The number of rotatable bonds is 5. The molecule has 0 radical (unpaired) electrons. The first-order chi connectivity index (χ1) is 18.4. The Morgan fingerprint density at radius 3 is 2.27 bits per heavy atom. The molecule has 0 spiro atoms. The van der Waals surface area contributed by atoms with E-state index in [1.807, 2.05) is 18.3 Å². The van der Waals surface area contributed by atoms with Crippen molar-refractivity contribution in [1.82, 2.24) is 14.5 Å². The van der Waals surface area contributed by atoms with Crippen molar-refractivity contribution in [3.8, 4) is 17.1 Å². The number of pyridine rings is 1. The van der Waals surface area contributed by atoms with Crippen LogP contribution >= 0.6 is 0 Å². The number of hydrogen-bond donors (Lipinski definition) is 0. The molecule has 0 fully saturated rings. The summed E-state index contributed by atoms with van der Waals surface area (Å²) in [6.45, 7) is 0. The fourth-order valence-electron chi connectivity index (χ4n) is 5.32. The molecule has 1 atom stereocenters. The molecule has 3 aromatic heterocycles. The summed E-state index contributed by atoms with van der Waals surface area (Å²) < 4.78 is 7.92. The van der Waals surface area contributed by atoms with Gasteiger partial charge in [-0.1, -0.05) is 72.8 Å². The van der Waals surface area contributed by atoms with Crippen molar-refractivity contribution < 1.29 is 4.42 Å².